The van der Waals surface area contributed by atoms with E-state index in [-0.39, 0.29) is 18.1 Å². The molecule has 6 heteroatoms. The molecule has 0 aliphatic heterocycles. The van der Waals surface area contributed by atoms with Gasteiger partial charge < -0.3 is 10.4 Å². The standard InChI is InChI=1S/C9H13N3O3/c1-6-3-4-10-9(8(6)12(14)15)11-5-7(2)13/h3-4,7,13H,5H2,1-2H3,(H,10,11). The number of hydrogen-bond donors (Lipinski definition) is 2. The number of anilines is 1. The van der Waals surface area contributed by atoms with Crippen LogP contribution < -0.4 is 5.32 Å². The molecule has 0 bridgehead atoms. The number of nitro groups is 1. The molecule has 0 radical (unpaired) electrons. The maximum Gasteiger partial charge on any atom is 0.314 e. The second kappa shape index (κ2) is 4.70. The summed E-state index contributed by atoms with van der Waals surface area (Å²) in [5.41, 5.74) is 0.501. The van der Waals surface area contributed by atoms with Crippen molar-refractivity contribution in [3.63, 3.8) is 0 Å². The van der Waals surface area contributed by atoms with Crippen molar-refractivity contribution < 1.29 is 10.0 Å². The quantitative estimate of drug-likeness (QED) is 0.575. The van der Waals surface area contributed by atoms with Crippen molar-refractivity contribution in [2.75, 3.05) is 11.9 Å². The lowest BCUT2D eigenvalue weighted by Gasteiger charge is -2.08. The summed E-state index contributed by atoms with van der Waals surface area (Å²) in [6, 6.07) is 1.58. The molecule has 1 heterocycles. The van der Waals surface area contributed by atoms with Crippen LogP contribution in [0.5, 0.6) is 0 Å². The van der Waals surface area contributed by atoms with E-state index in [1.807, 2.05) is 0 Å². The minimum absolute atomic E-state index is 0.0434. The van der Waals surface area contributed by atoms with Crippen LogP contribution in [0.2, 0.25) is 0 Å². The van der Waals surface area contributed by atoms with Crippen LogP contribution in [-0.4, -0.2) is 27.7 Å². The molecular formula is C9H13N3O3. The van der Waals surface area contributed by atoms with Gasteiger partial charge in [0.05, 0.1) is 11.0 Å². The Kier molecular flexibility index (Phi) is 3.56. The summed E-state index contributed by atoms with van der Waals surface area (Å²) in [6.07, 6.45) is 0.916. The molecule has 2 N–H and O–H groups in total. The first-order chi connectivity index (χ1) is 7.02. The highest BCUT2D eigenvalue weighted by molar-refractivity contribution is 5.59. The van der Waals surface area contributed by atoms with Crippen molar-refractivity contribution in [1.29, 1.82) is 0 Å². The Labute approximate surface area is 87.1 Å². The van der Waals surface area contributed by atoms with Crippen LogP contribution in [0.15, 0.2) is 12.3 Å². The Balaban J connectivity index is 2.96. The number of nitrogens with one attached hydrogen (secondary N) is 1. The van der Waals surface area contributed by atoms with Crippen LogP contribution >= 0.6 is 0 Å². The summed E-state index contributed by atoms with van der Waals surface area (Å²) in [7, 11) is 0. The van der Waals surface area contributed by atoms with Gasteiger partial charge in [0.2, 0.25) is 5.82 Å². The van der Waals surface area contributed by atoms with Crippen molar-refractivity contribution in [2.24, 2.45) is 0 Å². The number of pyridine rings is 1. The topological polar surface area (TPSA) is 88.3 Å². The molecule has 0 aromatic carbocycles. The minimum Gasteiger partial charge on any atom is -0.392 e. The van der Waals surface area contributed by atoms with E-state index < -0.39 is 11.0 Å². The first kappa shape index (κ1) is 11.4. The summed E-state index contributed by atoms with van der Waals surface area (Å²) in [5, 5.41) is 22.5. The molecule has 0 aliphatic rings. The van der Waals surface area contributed by atoms with E-state index in [1.54, 1.807) is 19.9 Å². The van der Waals surface area contributed by atoms with Gasteiger partial charge in [0, 0.05) is 18.3 Å². The number of aromatic nitrogens is 1. The van der Waals surface area contributed by atoms with Crippen molar-refractivity contribution in [2.45, 2.75) is 20.0 Å². The summed E-state index contributed by atoms with van der Waals surface area (Å²) >= 11 is 0. The normalized spacial score (nSPS) is 12.2. The maximum absolute atomic E-state index is 10.8. The molecule has 1 aromatic rings. The van der Waals surface area contributed by atoms with Gasteiger partial charge in [-0.15, -0.1) is 0 Å². The van der Waals surface area contributed by atoms with Gasteiger partial charge >= 0.3 is 5.69 Å². The number of aryl methyl sites for hydroxylation is 1. The smallest absolute Gasteiger partial charge is 0.314 e. The fraction of sp³-hybridized carbons (Fsp3) is 0.444. The lowest BCUT2D eigenvalue weighted by Crippen LogP contribution is -2.17. The van der Waals surface area contributed by atoms with Gasteiger partial charge in [0.15, 0.2) is 0 Å². The molecular weight excluding hydrogens is 198 g/mol. The van der Waals surface area contributed by atoms with Crippen molar-refractivity contribution in [3.05, 3.63) is 27.9 Å². The SMILES string of the molecule is Cc1ccnc(NCC(C)O)c1[N+](=O)[O-]. The molecule has 1 atom stereocenters. The predicted molar refractivity (Wildman–Crippen MR) is 55.8 cm³/mol. The maximum atomic E-state index is 10.8. The average Bonchev–Trinajstić information content (AvgIpc) is 2.13. The zero-order valence-electron chi connectivity index (χ0n) is 8.60. The van der Waals surface area contributed by atoms with Crippen LogP contribution in [0, 0.1) is 17.0 Å². The van der Waals surface area contributed by atoms with Gasteiger partial charge in [-0.2, -0.15) is 0 Å². The highest BCUT2D eigenvalue weighted by Gasteiger charge is 2.18. The molecule has 0 amide bonds. The van der Waals surface area contributed by atoms with Crippen molar-refractivity contribution in [3.8, 4) is 0 Å². The second-order valence-corrected chi connectivity index (χ2v) is 3.31. The molecule has 6 nitrogen and oxygen atoms in total. The Morgan fingerprint density at radius 1 is 1.73 bits per heavy atom. The summed E-state index contributed by atoms with van der Waals surface area (Å²) < 4.78 is 0. The average molecular weight is 211 g/mol. The van der Waals surface area contributed by atoms with Gasteiger partial charge in [-0.3, -0.25) is 10.1 Å². The lowest BCUT2D eigenvalue weighted by atomic mass is 10.2. The lowest BCUT2D eigenvalue weighted by molar-refractivity contribution is -0.384. The second-order valence-electron chi connectivity index (χ2n) is 3.31. The van der Waals surface area contributed by atoms with Crippen molar-refractivity contribution >= 4 is 11.5 Å². The number of nitrogens with zero attached hydrogens (tertiary/aromatic N) is 2. The van der Waals surface area contributed by atoms with E-state index in [0.717, 1.165) is 0 Å². The van der Waals surface area contributed by atoms with Crippen LogP contribution in [0.1, 0.15) is 12.5 Å². The summed E-state index contributed by atoms with van der Waals surface area (Å²) in [6.45, 7) is 3.47. The van der Waals surface area contributed by atoms with Gasteiger partial charge in [0.25, 0.3) is 0 Å². The molecule has 1 rings (SSSR count). The largest absolute Gasteiger partial charge is 0.392 e. The molecule has 0 aliphatic carbocycles. The van der Waals surface area contributed by atoms with Crippen molar-refractivity contribution in [1.82, 2.24) is 4.98 Å². The van der Waals surface area contributed by atoms with Gasteiger partial charge in [-0.1, -0.05) is 0 Å². The van der Waals surface area contributed by atoms with Crippen LogP contribution in [0.3, 0.4) is 0 Å². The molecule has 1 unspecified atom stereocenters. The van der Waals surface area contributed by atoms with E-state index in [4.69, 9.17) is 5.11 Å². The monoisotopic (exact) mass is 211 g/mol. The zero-order valence-corrected chi connectivity index (χ0v) is 8.60. The van der Waals surface area contributed by atoms with Crippen LogP contribution in [0.4, 0.5) is 11.5 Å². The number of aliphatic hydroxyl groups is 1. The molecule has 0 saturated heterocycles. The predicted octanol–water partition coefficient (Wildman–Crippen LogP) is 1.09. The first-order valence-corrected chi connectivity index (χ1v) is 4.54. The molecule has 0 spiro atoms. The highest BCUT2D eigenvalue weighted by Crippen LogP contribution is 2.25. The van der Waals surface area contributed by atoms with Gasteiger partial charge in [-0.25, -0.2) is 4.98 Å². The number of hydrogen-bond acceptors (Lipinski definition) is 5. The third kappa shape index (κ3) is 2.88. The fourth-order valence-corrected chi connectivity index (χ4v) is 1.15. The molecule has 0 saturated carbocycles. The van der Waals surface area contributed by atoms with Crippen LogP contribution in [-0.2, 0) is 0 Å². The highest BCUT2D eigenvalue weighted by atomic mass is 16.6. The molecule has 15 heavy (non-hydrogen) atoms. The molecule has 82 valence electrons. The molecule has 0 fully saturated rings. The Morgan fingerprint density at radius 2 is 2.40 bits per heavy atom. The summed E-state index contributed by atoms with van der Waals surface area (Å²) in [4.78, 5) is 14.1. The third-order valence-corrected chi connectivity index (χ3v) is 1.87. The number of rotatable bonds is 4. The zero-order chi connectivity index (χ0) is 11.4. The Hall–Kier alpha value is -1.69. The summed E-state index contributed by atoms with van der Waals surface area (Å²) in [5.74, 6) is 0.195. The van der Waals surface area contributed by atoms with Gasteiger partial charge in [-0.05, 0) is 19.9 Å². The van der Waals surface area contributed by atoms with E-state index in [2.05, 4.69) is 10.3 Å². The minimum atomic E-state index is -0.577. The first-order valence-electron chi connectivity index (χ1n) is 4.54. The van der Waals surface area contributed by atoms with E-state index in [1.165, 1.54) is 6.20 Å². The Morgan fingerprint density at radius 3 is 2.93 bits per heavy atom. The number of aliphatic hydroxyl groups excluding tert-OH is 1. The van der Waals surface area contributed by atoms with Crippen LogP contribution in [0.25, 0.3) is 0 Å². The fourth-order valence-electron chi connectivity index (χ4n) is 1.15. The van der Waals surface area contributed by atoms with E-state index in [9.17, 15) is 10.1 Å². The van der Waals surface area contributed by atoms with Gasteiger partial charge in [0.1, 0.15) is 0 Å². The third-order valence-electron chi connectivity index (χ3n) is 1.87. The van der Waals surface area contributed by atoms with E-state index >= 15 is 0 Å². The van der Waals surface area contributed by atoms with E-state index in [0.29, 0.717) is 5.56 Å². The molecule has 1 aromatic heterocycles. The Bertz CT molecular complexity index is 366.